The Hall–Kier alpha value is -3.22. The van der Waals surface area contributed by atoms with Crippen molar-refractivity contribution in [2.24, 2.45) is 0 Å². The summed E-state index contributed by atoms with van der Waals surface area (Å²) in [4.78, 5) is 22.7. The van der Waals surface area contributed by atoms with Crippen LogP contribution in [-0.2, 0) is 19.5 Å². The minimum absolute atomic E-state index is 0.0786. The van der Waals surface area contributed by atoms with Crippen LogP contribution in [0, 0.1) is 0 Å². The third-order valence-electron chi connectivity index (χ3n) is 5.44. The molecule has 0 aliphatic carbocycles. The quantitative estimate of drug-likeness (QED) is 0.525. The van der Waals surface area contributed by atoms with Gasteiger partial charge >= 0.3 is 0 Å². The molecule has 0 saturated carbocycles. The van der Waals surface area contributed by atoms with Crippen LogP contribution in [0.4, 0.5) is 0 Å². The summed E-state index contributed by atoms with van der Waals surface area (Å²) in [5, 5.41) is 8.00. The van der Waals surface area contributed by atoms with Gasteiger partial charge in [-0.1, -0.05) is 41.9 Å². The molecule has 4 aromatic rings. The highest BCUT2D eigenvalue weighted by molar-refractivity contribution is 6.30. The molecule has 1 aliphatic rings. The van der Waals surface area contributed by atoms with Crippen molar-refractivity contribution in [3.8, 4) is 22.6 Å². The first-order valence-corrected chi connectivity index (χ1v) is 10.2. The van der Waals surface area contributed by atoms with Gasteiger partial charge in [0.25, 0.3) is 5.56 Å². The number of nitrogens with one attached hydrogen (secondary N) is 2. The van der Waals surface area contributed by atoms with E-state index in [0.717, 1.165) is 53.2 Å². The van der Waals surface area contributed by atoms with Gasteiger partial charge in [-0.15, -0.1) is 0 Å². The van der Waals surface area contributed by atoms with E-state index in [0.29, 0.717) is 17.4 Å². The van der Waals surface area contributed by atoms with Crippen molar-refractivity contribution in [2.75, 3.05) is 6.54 Å². The summed E-state index contributed by atoms with van der Waals surface area (Å²) in [6.45, 7) is 2.12. The molecule has 3 heterocycles. The Morgan fingerprint density at radius 2 is 1.83 bits per heavy atom. The second-order valence-corrected chi connectivity index (χ2v) is 7.88. The minimum atomic E-state index is -0.0786. The molecular formula is C23H20ClN5O. The molecule has 5 rings (SSSR count). The fourth-order valence-electron chi connectivity index (χ4n) is 3.89. The number of aromatic amines is 2. The van der Waals surface area contributed by atoms with Crippen molar-refractivity contribution in [2.45, 2.75) is 19.5 Å². The molecule has 6 nitrogen and oxygen atoms in total. The molecular weight excluding hydrogens is 398 g/mol. The van der Waals surface area contributed by atoms with E-state index in [1.807, 2.05) is 36.5 Å². The third-order valence-corrected chi connectivity index (χ3v) is 5.69. The van der Waals surface area contributed by atoms with Gasteiger partial charge < -0.3 is 4.98 Å². The lowest BCUT2D eigenvalue weighted by Crippen LogP contribution is -2.35. The van der Waals surface area contributed by atoms with Crippen LogP contribution in [0.15, 0.2) is 65.6 Å². The smallest absolute Gasteiger partial charge is 0.255 e. The average molecular weight is 418 g/mol. The molecule has 0 atom stereocenters. The van der Waals surface area contributed by atoms with Gasteiger partial charge in [0.2, 0.25) is 0 Å². The Labute approximate surface area is 178 Å². The maximum Gasteiger partial charge on any atom is 0.255 e. The number of fused-ring (bicyclic) bond motifs is 1. The van der Waals surface area contributed by atoms with Gasteiger partial charge in [0.05, 0.1) is 23.1 Å². The highest BCUT2D eigenvalue weighted by Gasteiger charge is 2.23. The van der Waals surface area contributed by atoms with E-state index >= 15 is 0 Å². The van der Waals surface area contributed by atoms with Crippen LogP contribution < -0.4 is 5.56 Å². The Balaban J connectivity index is 1.38. The lowest BCUT2D eigenvalue weighted by molar-refractivity contribution is 0.242. The SMILES string of the molecule is O=c1[nH]c(-c2ccc(Cl)cc2)nc2c1CN(Cc1cn[nH]c1-c1ccccc1)CC2. The van der Waals surface area contributed by atoms with E-state index in [9.17, 15) is 4.79 Å². The van der Waals surface area contributed by atoms with E-state index in [1.54, 1.807) is 12.1 Å². The number of nitrogens with zero attached hydrogens (tertiary/aromatic N) is 3. The number of aromatic nitrogens is 4. The molecule has 0 fully saturated rings. The maximum absolute atomic E-state index is 12.8. The van der Waals surface area contributed by atoms with Crippen molar-refractivity contribution in [3.63, 3.8) is 0 Å². The molecule has 0 radical (unpaired) electrons. The van der Waals surface area contributed by atoms with Crippen LogP contribution in [-0.4, -0.2) is 31.6 Å². The Morgan fingerprint density at radius 3 is 2.63 bits per heavy atom. The lowest BCUT2D eigenvalue weighted by Gasteiger charge is -2.27. The fourth-order valence-corrected chi connectivity index (χ4v) is 4.01. The second-order valence-electron chi connectivity index (χ2n) is 7.44. The predicted molar refractivity (Wildman–Crippen MR) is 117 cm³/mol. The lowest BCUT2D eigenvalue weighted by atomic mass is 10.0. The zero-order valence-electron chi connectivity index (χ0n) is 16.2. The molecule has 7 heteroatoms. The summed E-state index contributed by atoms with van der Waals surface area (Å²) >= 11 is 5.97. The molecule has 150 valence electrons. The zero-order chi connectivity index (χ0) is 20.5. The van der Waals surface area contributed by atoms with Gasteiger partial charge in [-0.25, -0.2) is 4.98 Å². The minimum Gasteiger partial charge on any atom is -0.306 e. The van der Waals surface area contributed by atoms with Crippen LogP contribution in [0.2, 0.25) is 5.02 Å². The summed E-state index contributed by atoms with van der Waals surface area (Å²) in [6, 6.07) is 17.5. The number of hydrogen-bond donors (Lipinski definition) is 2. The normalized spacial score (nSPS) is 13.9. The molecule has 0 saturated heterocycles. The van der Waals surface area contributed by atoms with Gasteiger partial charge in [0.1, 0.15) is 5.82 Å². The Bertz CT molecular complexity index is 1230. The second kappa shape index (κ2) is 7.89. The Kier molecular flexibility index (Phi) is 4.94. The summed E-state index contributed by atoms with van der Waals surface area (Å²) in [5.74, 6) is 0.588. The number of halogens is 1. The van der Waals surface area contributed by atoms with Gasteiger partial charge in [0, 0.05) is 42.2 Å². The first-order chi connectivity index (χ1) is 14.7. The third kappa shape index (κ3) is 3.67. The predicted octanol–water partition coefficient (Wildman–Crippen LogP) is 4.04. The van der Waals surface area contributed by atoms with Crippen LogP contribution in [0.1, 0.15) is 16.8 Å². The molecule has 1 aliphatic heterocycles. The molecule has 2 aromatic carbocycles. The zero-order valence-corrected chi connectivity index (χ0v) is 17.0. The summed E-state index contributed by atoms with van der Waals surface area (Å²) < 4.78 is 0. The molecule has 30 heavy (non-hydrogen) atoms. The first kappa shape index (κ1) is 18.8. The van der Waals surface area contributed by atoms with Crippen LogP contribution >= 0.6 is 11.6 Å². The number of rotatable bonds is 4. The molecule has 2 N–H and O–H groups in total. The fraction of sp³-hybridized carbons (Fsp3) is 0.174. The highest BCUT2D eigenvalue weighted by Crippen LogP contribution is 2.25. The molecule has 2 aromatic heterocycles. The monoisotopic (exact) mass is 417 g/mol. The molecule has 0 spiro atoms. The van der Waals surface area contributed by atoms with Crippen LogP contribution in [0.3, 0.4) is 0 Å². The topological polar surface area (TPSA) is 77.7 Å². The van der Waals surface area contributed by atoms with Gasteiger partial charge in [-0.2, -0.15) is 5.10 Å². The van der Waals surface area contributed by atoms with Crippen molar-refractivity contribution in [1.82, 2.24) is 25.1 Å². The van der Waals surface area contributed by atoms with E-state index in [4.69, 9.17) is 16.6 Å². The summed E-state index contributed by atoms with van der Waals surface area (Å²) in [5.41, 5.74) is 5.63. The van der Waals surface area contributed by atoms with Crippen molar-refractivity contribution in [3.05, 3.63) is 93.0 Å². The van der Waals surface area contributed by atoms with Crippen molar-refractivity contribution in [1.29, 1.82) is 0 Å². The highest BCUT2D eigenvalue weighted by atomic mass is 35.5. The number of benzene rings is 2. The largest absolute Gasteiger partial charge is 0.306 e. The van der Waals surface area contributed by atoms with Crippen molar-refractivity contribution < 1.29 is 0 Å². The molecule has 0 amide bonds. The summed E-state index contributed by atoms with van der Waals surface area (Å²) in [7, 11) is 0. The van der Waals surface area contributed by atoms with E-state index in [1.165, 1.54) is 0 Å². The number of hydrogen-bond acceptors (Lipinski definition) is 4. The van der Waals surface area contributed by atoms with Crippen molar-refractivity contribution >= 4 is 11.6 Å². The van der Waals surface area contributed by atoms with Gasteiger partial charge in [-0.05, 0) is 29.8 Å². The standard InChI is InChI=1S/C23H20ClN5O/c24-18-8-6-16(7-9-18)22-26-20-10-11-29(14-19(20)23(30)27-22)13-17-12-25-28-21(17)15-4-2-1-3-5-15/h1-9,12H,10-11,13-14H2,(H,25,28)(H,26,27,30). The molecule has 0 bridgehead atoms. The number of H-pyrrole nitrogens is 2. The van der Waals surface area contributed by atoms with E-state index < -0.39 is 0 Å². The maximum atomic E-state index is 12.8. The average Bonchev–Trinajstić information content (AvgIpc) is 3.23. The van der Waals surface area contributed by atoms with Crippen LogP contribution in [0.5, 0.6) is 0 Å². The van der Waals surface area contributed by atoms with Crippen LogP contribution in [0.25, 0.3) is 22.6 Å². The van der Waals surface area contributed by atoms with E-state index in [2.05, 4.69) is 32.2 Å². The van der Waals surface area contributed by atoms with Gasteiger partial charge in [0.15, 0.2) is 0 Å². The van der Waals surface area contributed by atoms with Gasteiger partial charge in [-0.3, -0.25) is 14.8 Å². The first-order valence-electron chi connectivity index (χ1n) is 9.85. The summed E-state index contributed by atoms with van der Waals surface area (Å²) in [6.07, 6.45) is 2.60. The Morgan fingerprint density at radius 1 is 1.03 bits per heavy atom. The molecule has 0 unspecified atom stereocenters. The van der Waals surface area contributed by atoms with E-state index in [-0.39, 0.29) is 5.56 Å².